The van der Waals surface area contributed by atoms with E-state index in [1.807, 2.05) is 0 Å². The number of likely N-dealkylation sites (N-methyl/N-ethyl adjacent to an activating group) is 1. The molecule has 19 heavy (non-hydrogen) atoms. The second kappa shape index (κ2) is 5.27. The van der Waals surface area contributed by atoms with Gasteiger partial charge < -0.3 is 10.6 Å². The smallest absolute Gasteiger partial charge is 0.273 e. The quantitative estimate of drug-likeness (QED) is 0.786. The molecule has 2 rings (SSSR count). The molecule has 0 unspecified atom stereocenters. The van der Waals surface area contributed by atoms with Crippen LogP contribution in [0.3, 0.4) is 0 Å². The molecule has 0 aliphatic rings. The second-order valence-corrected chi connectivity index (χ2v) is 4.51. The van der Waals surface area contributed by atoms with Crippen LogP contribution in [-0.2, 0) is 4.79 Å². The SMILES string of the molecule is CNC(=O)[C@@H](C)NC(=O)c1n[nH]c2ccc(Cl)cc12. The van der Waals surface area contributed by atoms with Gasteiger partial charge in [-0.1, -0.05) is 11.6 Å². The Labute approximate surface area is 114 Å². The van der Waals surface area contributed by atoms with E-state index in [-0.39, 0.29) is 11.6 Å². The van der Waals surface area contributed by atoms with Crippen LogP contribution in [0.25, 0.3) is 10.9 Å². The average molecular weight is 281 g/mol. The number of amides is 2. The number of halogens is 1. The molecule has 1 atom stereocenters. The van der Waals surface area contributed by atoms with Crippen molar-refractivity contribution < 1.29 is 9.59 Å². The summed E-state index contributed by atoms with van der Waals surface area (Å²) in [6, 6.07) is 4.46. The summed E-state index contributed by atoms with van der Waals surface area (Å²) < 4.78 is 0. The molecule has 0 bridgehead atoms. The Hall–Kier alpha value is -2.08. The number of aromatic amines is 1. The van der Waals surface area contributed by atoms with Crippen LogP contribution < -0.4 is 10.6 Å². The fraction of sp³-hybridized carbons (Fsp3) is 0.250. The number of fused-ring (bicyclic) bond motifs is 1. The first-order valence-electron chi connectivity index (χ1n) is 5.69. The minimum Gasteiger partial charge on any atom is -0.357 e. The van der Waals surface area contributed by atoms with Gasteiger partial charge in [0.05, 0.1) is 5.52 Å². The largest absolute Gasteiger partial charge is 0.357 e. The number of aromatic nitrogens is 2. The Morgan fingerprint density at radius 3 is 2.84 bits per heavy atom. The van der Waals surface area contributed by atoms with E-state index in [4.69, 9.17) is 11.6 Å². The third-order valence-corrected chi connectivity index (χ3v) is 2.96. The lowest BCUT2D eigenvalue weighted by molar-refractivity contribution is -0.122. The third-order valence-electron chi connectivity index (χ3n) is 2.73. The fourth-order valence-corrected chi connectivity index (χ4v) is 1.88. The van der Waals surface area contributed by atoms with E-state index in [2.05, 4.69) is 20.8 Å². The lowest BCUT2D eigenvalue weighted by Crippen LogP contribution is -2.43. The molecular formula is C12H13ClN4O2. The zero-order valence-corrected chi connectivity index (χ0v) is 11.2. The molecular weight excluding hydrogens is 268 g/mol. The fourth-order valence-electron chi connectivity index (χ4n) is 1.71. The first-order chi connectivity index (χ1) is 9.02. The van der Waals surface area contributed by atoms with Crippen molar-refractivity contribution in [2.45, 2.75) is 13.0 Å². The highest BCUT2D eigenvalue weighted by Gasteiger charge is 2.19. The molecule has 0 saturated carbocycles. The van der Waals surface area contributed by atoms with Gasteiger partial charge in [0.2, 0.25) is 5.91 Å². The normalized spacial score (nSPS) is 12.2. The topological polar surface area (TPSA) is 86.9 Å². The Morgan fingerprint density at radius 2 is 2.16 bits per heavy atom. The molecule has 3 N–H and O–H groups in total. The zero-order valence-electron chi connectivity index (χ0n) is 10.5. The number of carbonyl (C=O) groups excluding carboxylic acids is 2. The minimum absolute atomic E-state index is 0.216. The Kier molecular flexibility index (Phi) is 3.71. The maximum Gasteiger partial charge on any atom is 0.273 e. The van der Waals surface area contributed by atoms with Crippen molar-refractivity contribution in [3.8, 4) is 0 Å². The van der Waals surface area contributed by atoms with Crippen LogP contribution in [0.15, 0.2) is 18.2 Å². The van der Waals surface area contributed by atoms with Gasteiger partial charge in [0.25, 0.3) is 5.91 Å². The van der Waals surface area contributed by atoms with E-state index in [0.717, 1.165) is 0 Å². The number of carbonyl (C=O) groups is 2. The summed E-state index contributed by atoms with van der Waals surface area (Å²) in [7, 11) is 1.51. The van der Waals surface area contributed by atoms with Gasteiger partial charge in [-0.25, -0.2) is 0 Å². The zero-order chi connectivity index (χ0) is 14.0. The number of nitrogens with one attached hydrogen (secondary N) is 3. The first-order valence-corrected chi connectivity index (χ1v) is 6.07. The third kappa shape index (κ3) is 2.68. The van der Waals surface area contributed by atoms with Gasteiger partial charge in [0, 0.05) is 17.5 Å². The number of rotatable bonds is 3. The molecule has 1 heterocycles. The van der Waals surface area contributed by atoms with Gasteiger partial charge in [0.1, 0.15) is 6.04 Å². The first kappa shape index (κ1) is 13.4. The summed E-state index contributed by atoms with van der Waals surface area (Å²) in [5.41, 5.74) is 0.926. The summed E-state index contributed by atoms with van der Waals surface area (Å²) in [6.45, 7) is 1.60. The lowest BCUT2D eigenvalue weighted by atomic mass is 10.2. The van der Waals surface area contributed by atoms with Crippen LogP contribution in [0, 0.1) is 0 Å². The number of benzene rings is 1. The molecule has 0 fully saturated rings. The standard InChI is InChI=1S/C12H13ClN4O2/c1-6(11(18)14-2)15-12(19)10-8-5-7(13)3-4-9(8)16-17-10/h3-6H,1-2H3,(H,14,18)(H,15,19)(H,16,17)/t6-/m1/s1. The number of hydrogen-bond acceptors (Lipinski definition) is 3. The average Bonchev–Trinajstić information content (AvgIpc) is 2.80. The highest BCUT2D eigenvalue weighted by atomic mass is 35.5. The van der Waals surface area contributed by atoms with E-state index in [1.54, 1.807) is 25.1 Å². The van der Waals surface area contributed by atoms with Gasteiger partial charge >= 0.3 is 0 Å². The van der Waals surface area contributed by atoms with Gasteiger partial charge in [-0.05, 0) is 25.1 Å². The number of H-pyrrole nitrogens is 1. The monoisotopic (exact) mass is 280 g/mol. The maximum atomic E-state index is 12.0. The van der Waals surface area contributed by atoms with Crippen LogP contribution in [0.4, 0.5) is 0 Å². The van der Waals surface area contributed by atoms with Crippen LogP contribution in [0.2, 0.25) is 5.02 Å². The summed E-state index contributed by atoms with van der Waals surface area (Å²) in [6.07, 6.45) is 0. The molecule has 100 valence electrons. The second-order valence-electron chi connectivity index (χ2n) is 4.07. The number of nitrogens with zero attached hydrogens (tertiary/aromatic N) is 1. The highest BCUT2D eigenvalue weighted by molar-refractivity contribution is 6.31. The Morgan fingerprint density at radius 1 is 1.42 bits per heavy atom. The molecule has 2 amide bonds. The van der Waals surface area contributed by atoms with Crippen molar-refractivity contribution >= 4 is 34.3 Å². The van der Waals surface area contributed by atoms with Gasteiger partial charge in [0.15, 0.2) is 5.69 Å². The van der Waals surface area contributed by atoms with E-state index in [1.165, 1.54) is 7.05 Å². The summed E-state index contributed by atoms with van der Waals surface area (Å²) >= 11 is 5.89. The van der Waals surface area contributed by atoms with Crippen molar-refractivity contribution in [2.24, 2.45) is 0 Å². The molecule has 1 aromatic heterocycles. The molecule has 1 aromatic carbocycles. The van der Waals surface area contributed by atoms with Gasteiger partial charge in [-0.3, -0.25) is 14.7 Å². The molecule has 0 aliphatic heterocycles. The highest BCUT2D eigenvalue weighted by Crippen LogP contribution is 2.20. The lowest BCUT2D eigenvalue weighted by Gasteiger charge is -2.11. The van der Waals surface area contributed by atoms with Gasteiger partial charge in [-0.15, -0.1) is 0 Å². The van der Waals surface area contributed by atoms with Crippen molar-refractivity contribution in [2.75, 3.05) is 7.05 Å². The molecule has 0 aliphatic carbocycles. The summed E-state index contributed by atoms with van der Waals surface area (Å²) in [5, 5.41) is 12.9. The van der Waals surface area contributed by atoms with E-state index in [9.17, 15) is 9.59 Å². The minimum atomic E-state index is -0.636. The van der Waals surface area contributed by atoms with Gasteiger partial charge in [-0.2, -0.15) is 5.10 Å². The molecule has 6 nitrogen and oxygen atoms in total. The molecule has 0 saturated heterocycles. The van der Waals surface area contributed by atoms with E-state index in [0.29, 0.717) is 15.9 Å². The van der Waals surface area contributed by atoms with Crippen molar-refractivity contribution in [3.05, 3.63) is 28.9 Å². The molecule has 2 aromatic rings. The predicted molar refractivity (Wildman–Crippen MR) is 72.1 cm³/mol. The van der Waals surface area contributed by atoms with Crippen molar-refractivity contribution in [3.63, 3.8) is 0 Å². The molecule has 0 radical (unpaired) electrons. The molecule has 0 spiro atoms. The summed E-state index contributed by atoms with van der Waals surface area (Å²) in [5.74, 6) is -0.698. The Bertz CT molecular complexity index is 638. The van der Waals surface area contributed by atoms with E-state index < -0.39 is 11.9 Å². The van der Waals surface area contributed by atoms with Crippen LogP contribution in [0.1, 0.15) is 17.4 Å². The van der Waals surface area contributed by atoms with E-state index >= 15 is 0 Å². The maximum absolute atomic E-state index is 12.0. The van der Waals surface area contributed by atoms with Crippen LogP contribution in [0.5, 0.6) is 0 Å². The Balaban J connectivity index is 2.27. The van der Waals surface area contributed by atoms with Crippen molar-refractivity contribution in [1.82, 2.24) is 20.8 Å². The summed E-state index contributed by atoms with van der Waals surface area (Å²) in [4.78, 5) is 23.4. The predicted octanol–water partition coefficient (Wildman–Crippen LogP) is 1.08. The van der Waals surface area contributed by atoms with Crippen LogP contribution in [-0.4, -0.2) is 35.1 Å². The van der Waals surface area contributed by atoms with Crippen LogP contribution >= 0.6 is 11.6 Å². The number of hydrogen-bond donors (Lipinski definition) is 3. The van der Waals surface area contributed by atoms with Crippen molar-refractivity contribution in [1.29, 1.82) is 0 Å². The molecule has 7 heteroatoms.